The monoisotopic (exact) mass is 434 g/mol. The van der Waals surface area contributed by atoms with Crippen molar-refractivity contribution >= 4 is 5.97 Å². The van der Waals surface area contributed by atoms with Gasteiger partial charge in [0.1, 0.15) is 5.60 Å². The highest BCUT2D eigenvalue weighted by atomic mass is 16.5. The summed E-state index contributed by atoms with van der Waals surface area (Å²) in [6, 6.07) is 0. The van der Waals surface area contributed by atoms with Gasteiger partial charge in [0.2, 0.25) is 0 Å². The first-order valence-electron chi connectivity index (χ1n) is 11.8. The number of rotatable bonds is 14. The van der Waals surface area contributed by atoms with E-state index >= 15 is 0 Å². The summed E-state index contributed by atoms with van der Waals surface area (Å²) in [5.41, 5.74) is -1.03. The lowest BCUT2D eigenvalue weighted by Gasteiger charge is -2.22. The second kappa shape index (κ2) is 15.2. The van der Waals surface area contributed by atoms with Crippen LogP contribution in [0.4, 0.5) is 0 Å². The van der Waals surface area contributed by atoms with E-state index in [1.165, 1.54) is 7.11 Å². The maximum Gasteiger partial charge on any atom is 0.305 e. The van der Waals surface area contributed by atoms with Gasteiger partial charge in [-0.2, -0.15) is 0 Å². The Morgan fingerprint density at radius 1 is 1.13 bits per heavy atom. The molecule has 1 rings (SSSR count). The van der Waals surface area contributed by atoms with Gasteiger partial charge in [0.25, 0.3) is 0 Å². The zero-order chi connectivity index (χ0) is 23.1. The molecular formula is C26H42O5. The largest absolute Gasteiger partial charge is 0.469 e. The maximum atomic E-state index is 11.1. The van der Waals surface area contributed by atoms with E-state index in [0.717, 1.165) is 38.5 Å². The number of unbranched alkanes of at least 4 members (excludes halogenated alkanes) is 4. The van der Waals surface area contributed by atoms with E-state index in [1.54, 1.807) is 6.92 Å². The molecule has 1 saturated carbocycles. The minimum absolute atomic E-state index is 0.0574. The SMILES string of the molecule is CC#CC(O)(CC=C[C@@H]1[C@@H](CC=CCCCC(=O)OC)[C@@H](O)C[C@H]1O)CCCCCC. The Morgan fingerprint density at radius 3 is 2.58 bits per heavy atom. The van der Waals surface area contributed by atoms with Crippen molar-refractivity contribution in [3.63, 3.8) is 0 Å². The van der Waals surface area contributed by atoms with Crippen LogP contribution in [-0.4, -0.2) is 46.2 Å². The Morgan fingerprint density at radius 2 is 1.90 bits per heavy atom. The quantitative estimate of drug-likeness (QED) is 0.164. The number of carbonyl (C=O) groups excluding carboxylic acids is 1. The van der Waals surface area contributed by atoms with E-state index in [9.17, 15) is 20.1 Å². The molecule has 1 aliphatic rings. The third-order valence-electron chi connectivity index (χ3n) is 6.09. The number of methoxy groups -OCH3 is 1. The second-order valence-corrected chi connectivity index (χ2v) is 8.64. The molecule has 1 fully saturated rings. The van der Waals surface area contributed by atoms with Crippen molar-refractivity contribution in [2.24, 2.45) is 11.8 Å². The molecule has 1 aliphatic carbocycles. The minimum atomic E-state index is -1.03. The lowest BCUT2D eigenvalue weighted by atomic mass is 9.88. The molecule has 0 amide bonds. The molecule has 5 atom stereocenters. The Bertz CT molecular complexity index is 629. The average molecular weight is 435 g/mol. The van der Waals surface area contributed by atoms with Crippen LogP contribution < -0.4 is 0 Å². The summed E-state index contributed by atoms with van der Waals surface area (Å²) in [4.78, 5) is 11.1. The lowest BCUT2D eigenvalue weighted by molar-refractivity contribution is -0.140. The van der Waals surface area contributed by atoms with Crippen LogP contribution in [0.2, 0.25) is 0 Å². The lowest BCUT2D eigenvalue weighted by Crippen LogP contribution is -2.26. The molecule has 0 aromatic rings. The molecule has 1 unspecified atom stereocenters. The molecule has 176 valence electrons. The van der Waals surface area contributed by atoms with Gasteiger partial charge in [0.05, 0.1) is 19.3 Å². The van der Waals surface area contributed by atoms with Gasteiger partial charge in [0.15, 0.2) is 0 Å². The van der Waals surface area contributed by atoms with Crippen LogP contribution in [0.1, 0.15) is 84.5 Å². The van der Waals surface area contributed by atoms with Gasteiger partial charge in [0, 0.05) is 25.2 Å². The van der Waals surface area contributed by atoms with Crippen molar-refractivity contribution in [2.45, 2.75) is 102 Å². The first kappa shape index (κ1) is 27.4. The summed E-state index contributed by atoms with van der Waals surface area (Å²) in [6.45, 7) is 3.90. The fraction of sp³-hybridized carbons (Fsp3) is 0.731. The fourth-order valence-electron chi connectivity index (χ4n) is 4.26. The summed E-state index contributed by atoms with van der Waals surface area (Å²) in [5.74, 6) is 5.40. The minimum Gasteiger partial charge on any atom is -0.469 e. The molecule has 31 heavy (non-hydrogen) atoms. The maximum absolute atomic E-state index is 11.1. The summed E-state index contributed by atoms with van der Waals surface area (Å²) >= 11 is 0. The Balaban J connectivity index is 2.60. The van der Waals surface area contributed by atoms with Crippen LogP contribution in [0.15, 0.2) is 24.3 Å². The van der Waals surface area contributed by atoms with Crippen molar-refractivity contribution in [1.29, 1.82) is 0 Å². The molecule has 0 aromatic heterocycles. The number of hydrogen-bond donors (Lipinski definition) is 3. The van der Waals surface area contributed by atoms with Gasteiger partial charge in [-0.05, 0) is 44.9 Å². The molecule has 0 radical (unpaired) electrons. The molecule has 0 spiro atoms. The zero-order valence-corrected chi connectivity index (χ0v) is 19.6. The number of ether oxygens (including phenoxy) is 1. The number of aliphatic hydroxyl groups is 3. The van der Waals surface area contributed by atoms with Crippen LogP contribution >= 0.6 is 0 Å². The van der Waals surface area contributed by atoms with E-state index in [4.69, 9.17) is 0 Å². The summed E-state index contributed by atoms with van der Waals surface area (Å²) in [7, 11) is 1.39. The molecule has 0 aromatic carbocycles. The van der Waals surface area contributed by atoms with E-state index in [2.05, 4.69) is 23.5 Å². The highest BCUT2D eigenvalue weighted by Crippen LogP contribution is 2.36. The fourth-order valence-corrected chi connectivity index (χ4v) is 4.26. The highest BCUT2D eigenvalue weighted by molar-refractivity contribution is 5.69. The van der Waals surface area contributed by atoms with Gasteiger partial charge >= 0.3 is 5.97 Å². The second-order valence-electron chi connectivity index (χ2n) is 8.64. The molecule has 5 heteroatoms. The highest BCUT2D eigenvalue weighted by Gasteiger charge is 2.39. The average Bonchev–Trinajstić information content (AvgIpc) is 3.00. The number of carbonyl (C=O) groups is 1. The third-order valence-corrected chi connectivity index (χ3v) is 6.09. The molecule has 0 bridgehead atoms. The Kier molecular flexibility index (Phi) is 13.5. The van der Waals surface area contributed by atoms with Crippen LogP contribution in [-0.2, 0) is 9.53 Å². The van der Waals surface area contributed by atoms with E-state index in [-0.39, 0.29) is 17.8 Å². The van der Waals surface area contributed by atoms with Crippen molar-refractivity contribution in [3.05, 3.63) is 24.3 Å². The number of esters is 1. The Labute approximate surface area is 188 Å². The molecule has 3 N–H and O–H groups in total. The predicted molar refractivity (Wildman–Crippen MR) is 124 cm³/mol. The van der Waals surface area contributed by atoms with E-state index in [0.29, 0.717) is 32.1 Å². The standard InChI is InChI=1S/C26H42O5/c1-4-6-7-12-18-26(30,17-5-2)19-13-15-22-21(23(27)20-24(22)28)14-10-8-9-11-16-25(29)31-3/h8,10,13,15,21-24,27-28,30H,4,6-7,9,11-12,14,16,18-20H2,1-3H3/t21-,22-,23+,24-,26?/m1/s1. The van der Waals surface area contributed by atoms with Crippen molar-refractivity contribution in [2.75, 3.05) is 7.11 Å². The summed E-state index contributed by atoms with van der Waals surface area (Å²) < 4.78 is 4.63. The molecule has 5 nitrogen and oxygen atoms in total. The van der Waals surface area contributed by atoms with Crippen LogP contribution in [0.25, 0.3) is 0 Å². The normalized spacial score (nSPS) is 25.5. The molecule has 0 saturated heterocycles. The summed E-state index contributed by atoms with van der Waals surface area (Å²) in [5, 5.41) is 31.7. The van der Waals surface area contributed by atoms with Gasteiger partial charge in [-0.15, -0.1) is 5.92 Å². The van der Waals surface area contributed by atoms with Gasteiger partial charge in [-0.1, -0.05) is 56.4 Å². The van der Waals surface area contributed by atoms with Crippen LogP contribution in [0.5, 0.6) is 0 Å². The molecular weight excluding hydrogens is 392 g/mol. The van der Waals surface area contributed by atoms with Gasteiger partial charge in [-0.25, -0.2) is 0 Å². The topological polar surface area (TPSA) is 87.0 Å². The van der Waals surface area contributed by atoms with E-state index < -0.39 is 17.8 Å². The van der Waals surface area contributed by atoms with Crippen molar-refractivity contribution < 1.29 is 24.9 Å². The molecule has 0 aliphatic heterocycles. The van der Waals surface area contributed by atoms with Gasteiger partial charge < -0.3 is 20.1 Å². The smallest absolute Gasteiger partial charge is 0.305 e. The number of hydrogen-bond acceptors (Lipinski definition) is 5. The number of aliphatic hydroxyl groups excluding tert-OH is 2. The van der Waals surface area contributed by atoms with E-state index in [1.807, 2.05) is 24.3 Å². The third kappa shape index (κ3) is 10.5. The van der Waals surface area contributed by atoms with Gasteiger partial charge in [-0.3, -0.25) is 4.79 Å². The zero-order valence-electron chi connectivity index (χ0n) is 19.6. The first-order chi connectivity index (χ1) is 14.9. The Hall–Kier alpha value is -1.61. The predicted octanol–water partition coefficient (Wildman–Crippen LogP) is 4.31. The van der Waals surface area contributed by atoms with Crippen molar-refractivity contribution in [3.8, 4) is 11.8 Å². The summed E-state index contributed by atoms with van der Waals surface area (Å²) in [6.07, 6.45) is 15.2. The molecule has 0 heterocycles. The van der Waals surface area contributed by atoms with Crippen molar-refractivity contribution in [1.82, 2.24) is 0 Å². The first-order valence-corrected chi connectivity index (χ1v) is 11.8. The number of allylic oxidation sites excluding steroid dienone is 2. The van der Waals surface area contributed by atoms with Crippen LogP contribution in [0, 0.1) is 23.7 Å². The van der Waals surface area contributed by atoms with Crippen LogP contribution in [0.3, 0.4) is 0 Å².